The van der Waals surface area contributed by atoms with Crippen molar-refractivity contribution in [1.82, 2.24) is 15.1 Å². The number of nitrogens with zero attached hydrogens (tertiary/aromatic N) is 4. The van der Waals surface area contributed by atoms with Crippen LogP contribution in [0.25, 0.3) is 0 Å². The lowest BCUT2D eigenvalue weighted by atomic mass is 10.2. The fourth-order valence-corrected chi connectivity index (χ4v) is 2.64. The molecule has 1 aromatic heterocycles. The molecule has 1 saturated heterocycles. The third-order valence-corrected chi connectivity index (χ3v) is 4.03. The molecule has 1 aliphatic rings. The Hall–Kier alpha value is -2.08. The minimum atomic E-state index is -0.0370. The monoisotopic (exact) mass is 320 g/mol. The van der Waals surface area contributed by atoms with Crippen LogP contribution in [-0.4, -0.2) is 47.2 Å². The number of hydrogen-bond acceptors (Lipinski definition) is 5. The first kappa shape index (κ1) is 14.8. The number of carbonyl (C=O) groups is 1. The zero-order chi connectivity index (χ0) is 15.5. The van der Waals surface area contributed by atoms with Gasteiger partial charge in [0.1, 0.15) is 0 Å². The molecule has 0 N–H and O–H groups in total. The highest BCUT2D eigenvalue weighted by Crippen LogP contribution is 2.20. The Kier molecular flexibility index (Phi) is 4.29. The third kappa shape index (κ3) is 2.92. The average Bonchev–Trinajstić information content (AvgIpc) is 3.04. The van der Waals surface area contributed by atoms with Gasteiger partial charge >= 0.3 is 6.01 Å². The number of benzene rings is 1. The van der Waals surface area contributed by atoms with Gasteiger partial charge in [-0.25, -0.2) is 0 Å². The van der Waals surface area contributed by atoms with E-state index in [1.165, 1.54) is 0 Å². The van der Waals surface area contributed by atoms with Gasteiger partial charge in [-0.1, -0.05) is 35.8 Å². The predicted octanol–water partition coefficient (Wildman–Crippen LogP) is 2.25. The summed E-state index contributed by atoms with van der Waals surface area (Å²) < 4.78 is 5.55. The quantitative estimate of drug-likeness (QED) is 0.868. The summed E-state index contributed by atoms with van der Waals surface area (Å²) in [7, 11) is 0. The van der Waals surface area contributed by atoms with E-state index in [9.17, 15) is 4.79 Å². The van der Waals surface area contributed by atoms with Crippen molar-refractivity contribution < 1.29 is 9.21 Å². The Morgan fingerprint density at radius 3 is 2.59 bits per heavy atom. The molecule has 0 aliphatic carbocycles. The highest BCUT2D eigenvalue weighted by molar-refractivity contribution is 6.33. The summed E-state index contributed by atoms with van der Waals surface area (Å²) in [6.45, 7) is 4.52. The number of hydrogen-bond donors (Lipinski definition) is 0. The average molecular weight is 321 g/mol. The van der Waals surface area contributed by atoms with Crippen LogP contribution in [-0.2, 0) is 6.42 Å². The second-order valence-corrected chi connectivity index (χ2v) is 5.50. The van der Waals surface area contributed by atoms with Gasteiger partial charge in [-0.15, -0.1) is 5.10 Å². The van der Waals surface area contributed by atoms with Crippen molar-refractivity contribution in [1.29, 1.82) is 0 Å². The van der Waals surface area contributed by atoms with Gasteiger partial charge in [0.2, 0.25) is 5.89 Å². The first-order valence-electron chi connectivity index (χ1n) is 7.30. The SMILES string of the molecule is CCc1nnc(N2CCN(C(=O)c3ccccc3Cl)CC2)o1. The van der Waals surface area contributed by atoms with Crippen molar-refractivity contribution in [3.63, 3.8) is 0 Å². The lowest BCUT2D eigenvalue weighted by Crippen LogP contribution is -2.49. The molecule has 0 unspecified atom stereocenters. The third-order valence-electron chi connectivity index (χ3n) is 3.70. The van der Waals surface area contributed by atoms with E-state index < -0.39 is 0 Å². The van der Waals surface area contributed by atoms with Crippen LogP contribution in [0.3, 0.4) is 0 Å². The molecule has 7 heteroatoms. The number of aryl methyl sites for hydroxylation is 1. The molecule has 0 spiro atoms. The molecule has 1 aliphatic heterocycles. The maximum atomic E-state index is 12.5. The molecule has 1 aromatic carbocycles. The van der Waals surface area contributed by atoms with Crippen LogP contribution in [0.5, 0.6) is 0 Å². The van der Waals surface area contributed by atoms with Gasteiger partial charge in [-0.05, 0) is 12.1 Å². The summed E-state index contributed by atoms with van der Waals surface area (Å²) in [5, 5.41) is 8.49. The van der Waals surface area contributed by atoms with Crippen molar-refractivity contribution in [3.8, 4) is 0 Å². The number of halogens is 1. The lowest BCUT2D eigenvalue weighted by Gasteiger charge is -2.33. The summed E-state index contributed by atoms with van der Waals surface area (Å²) in [4.78, 5) is 16.3. The molecular weight excluding hydrogens is 304 g/mol. The van der Waals surface area contributed by atoms with Crippen LogP contribution in [0, 0.1) is 0 Å². The number of carbonyl (C=O) groups excluding carboxylic acids is 1. The molecular formula is C15H17ClN4O2. The van der Waals surface area contributed by atoms with E-state index >= 15 is 0 Å². The van der Waals surface area contributed by atoms with E-state index in [1.54, 1.807) is 17.0 Å². The fourth-order valence-electron chi connectivity index (χ4n) is 2.42. The fraction of sp³-hybridized carbons (Fsp3) is 0.400. The summed E-state index contributed by atoms with van der Waals surface area (Å²) in [6, 6.07) is 7.65. The summed E-state index contributed by atoms with van der Waals surface area (Å²) in [5.74, 6) is 0.592. The predicted molar refractivity (Wildman–Crippen MR) is 83.2 cm³/mol. The first-order chi connectivity index (χ1) is 10.7. The number of piperazine rings is 1. The first-order valence-corrected chi connectivity index (χ1v) is 7.68. The van der Waals surface area contributed by atoms with Gasteiger partial charge in [0, 0.05) is 32.6 Å². The van der Waals surface area contributed by atoms with Gasteiger partial charge in [-0.2, -0.15) is 0 Å². The van der Waals surface area contributed by atoms with E-state index in [1.807, 2.05) is 24.0 Å². The van der Waals surface area contributed by atoms with Crippen LogP contribution < -0.4 is 4.90 Å². The number of anilines is 1. The molecule has 3 rings (SSSR count). The number of amides is 1. The Morgan fingerprint density at radius 1 is 1.23 bits per heavy atom. The van der Waals surface area contributed by atoms with Gasteiger partial charge in [0.25, 0.3) is 5.91 Å². The highest BCUT2D eigenvalue weighted by atomic mass is 35.5. The van der Waals surface area contributed by atoms with Crippen molar-refractivity contribution in [2.75, 3.05) is 31.1 Å². The zero-order valence-electron chi connectivity index (χ0n) is 12.3. The van der Waals surface area contributed by atoms with Gasteiger partial charge in [-0.3, -0.25) is 4.79 Å². The van der Waals surface area contributed by atoms with Crippen molar-refractivity contribution in [2.24, 2.45) is 0 Å². The normalized spacial score (nSPS) is 15.2. The standard InChI is InChI=1S/C15H17ClN4O2/c1-2-13-17-18-15(22-13)20-9-7-19(8-10-20)14(21)11-5-3-4-6-12(11)16/h3-6H,2,7-10H2,1H3. The smallest absolute Gasteiger partial charge is 0.318 e. The Balaban J connectivity index is 1.64. The van der Waals surface area contributed by atoms with E-state index in [2.05, 4.69) is 10.2 Å². The van der Waals surface area contributed by atoms with Crippen LogP contribution in [0.1, 0.15) is 23.2 Å². The highest BCUT2D eigenvalue weighted by Gasteiger charge is 2.25. The van der Waals surface area contributed by atoms with Crippen LogP contribution in [0.4, 0.5) is 6.01 Å². The number of aromatic nitrogens is 2. The second-order valence-electron chi connectivity index (χ2n) is 5.09. The number of rotatable bonds is 3. The molecule has 0 bridgehead atoms. The minimum absolute atomic E-state index is 0.0370. The van der Waals surface area contributed by atoms with Crippen LogP contribution >= 0.6 is 11.6 Å². The van der Waals surface area contributed by atoms with Crippen LogP contribution in [0.2, 0.25) is 5.02 Å². The molecule has 22 heavy (non-hydrogen) atoms. The van der Waals surface area contributed by atoms with Crippen molar-refractivity contribution in [2.45, 2.75) is 13.3 Å². The van der Waals surface area contributed by atoms with Gasteiger partial charge in [0.15, 0.2) is 0 Å². The molecule has 2 heterocycles. The molecule has 2 aromatic rings. The molecule has 0 saturated carbocycles. The minimum Gasteiger partial charge on any atom is -0.408 e. The lowest BCUT2D eigenvalue weighted by molar-refractivity contribution is 0.0745. The summed E-state index contributed by atoms with van der Waals surface area (Å²) >= 11 is 6.09. The maximum Gasteiger partial charge on any atom is 0.318 e. The molecule has 1 amide bonds. The largest absolute Gasteiger partial charge is 0.408 e. The van der Waals surface area contributed by atoms with E-state index in [0.29, 0.717) is 48.7 Å². The Bertz CT molecular complexity index is 665. The van der Waals surface area contributed by atoms with Gasteiger partial charge < -0.3 is 14.2 Å². The molecule has 0 radical (unpaired) electrons. The van der Waals surface area contributed by atoms with Crippen LogP contribution in [0.15, 0.2) is 28.7 Å². The maximum absolute atomic E-state index is 12.5. The molecule has 0 atom stereocenters. The van der Waals surface area contributed by atoms with E-state index in [-0.39, 0.29) is 5.91 Å². The summed E-state index contributed by atoms with van der Waals surface area (Å²) in [6.07, 6.45) is 0.720. The second kappa shape index (κ2) is 6.36. The Labute approximate surface area is 133 Å². The topological polar surface area (TPSA) is 62.5 Å². The van der Waals surface area contributed by atoms with E-state index in [4.69, 9.17) is 16.0 Å². The molecule has 116 valence electrons. The summed E-state index contributed by atoms with van der Waals surface area (Å²) in [5.41, 5.74) is 0.545. The molecule has 1 fully saturated rings. The Morgan fingerprint density at radius 2 is 1.95 bits per heavy atom. The van der Waals surface area contributed by atoms with E-state index in [0.717, 1.165) is 6.42 Å². The van der Waals surface area contributed by atoms with Crippen molar-refractivity contribution in [3.05, 3.63) is 40.7 Å². The molecule has 6 nitrogen and oxygen atoms in total. The van der Waals surface area contributed by atoms with Crippen molar-refractivity contribution >= 4 is 23.5 Å². The zero-order valence-corrected chi connectivity index (χ0v) is 13.1. The van der Waals surface area contributed by atoms with Gasteiger partial charge in [0.05, 0.1) is 10.6 Å².